The minimum atomic E-state index is -0.657. The van der Waals surface area contributed by atoms with Gasteiger partial charge >= 0.3 is 25.4 Å². The molecule has 0 saturated carbocycles. The van der Waals surface area contributed by atoms with Gasteiger partial charge in [-0.2, -0.15) is 0 Å². The Morgan fingerprint density at radius 2 is 1.05 bits per heavy atom. The summed E-state index contributed by atoms with van der Waals surface area (Å²) >= 11 is 0. The van der Waals surface area contributed by atoms with Gasteiger partial charge in [-0.3, -0.25) is 4.79 Å². The Balaban J connectivity index is -0.000000375. The predicted molar refractivity (Wildman–Crippen MR) is 72.6 cm³/mol. The third-order valence-electron chi connectivity index (χ3n) is 2.99. The van der Waals surface area contributed by atoms with Gasteiger partial charge in [-0.05, 0) is 6.42 Å². The van der Waals surface area contributed by atoms with Crippen molar-refractivity contribution < 1.29 is 40.3 Å². The molecule has 0 aromatic rings. The van der Waals surface area contributed by atoms with Crippen LogP contribution in [0, 0.1) is 0 Å². The van der Waals surface area contributed by atoms with Gasteiger partial charge < -0.3 is 16.1 Å². The molecule has 0 unspecified atom stereocenters. The molecule has 0 bridgehead atoms. The number of carboxylic acid groups (broad SMARTS) is 1. The summed E-state index contributed by atoms with van der Waals surface area (Å²) in [6.07, 6.45) is 14.4. The topological polar surface area (TPSA) is 97.3 Å². The van der Waals surface area contributed by atoms with Crippen LogP contribution in [0.15, 0.2) is 0 Å². The summed E-state index contributed by atoms with van der Waals surface area (Å²) in [7, 11) is 0. The van der Waals surface area contributed by atoms with Gasteiger partial charge in [0.1, 0.15) is 0 Å². The molecule has 0 rings (SSSR count). The van der Waals surface area contributed by atoms with E-state index in [-0.39, 0.29) is 30.4 Å². The van der Waals surface area contributed by atoms with Crippen molar-refractivity contribution in [2.75, 3.05) is 0 Å². The minimum Gasteiger partial charge on any atom is -0.870 e. The van der Waals surface area contributed by atoms with Crippen LogP contribution in [0.2, 0.25) is 0 Å². The van der Waals surface area contributed by atoms with E-state index < -0.39 is 5.97 Å². The maximum Gasteiger partial charge on any atom is 2.00 e. The van der Waals surface area contributed by atoms with Gasteiger partial charge in [0, 0.05) is 6.42 Å². The first kappa shape index (κ1) is 27.4. The number of unbranched alkanes of at least 4 members (excludes halogenated alkanes) is 10. The summed E-state index contributed by atoms with van der Waals surface area (Å²) in [4.78, 5) is 10.3. The second-order valence-corrected chi connectivity index (χ2v) is 4.68. The van der Waals surface area contributed by atoms with Crippen molar-refractivity contribution in [3.8, 4) is 0 Å². The molecule has 5 heteroatoms. The molecule has 0 amide bonds. The molecule has 0 aromatic carbocycles. The number of rotatable bonds is 12. The molecule has 0 radical (unpaired) electrons. The van der Waals surface area contributed by atoms with Gasteiger partial charge in [0.25, 0.3) is 0 Å². The van der Waals surface area contributed by atoms with E-state index in [0.717, 1.165) is 12.8 Å². The van der Waals surface area contributed by atoms with Gasteiger partial charge in [-0.25, -0.2) is 0 Å². The first-order valence-corrected chi connectivity index (χ1v) is 6.99. The van der Waals surface area contributed by atoms with Crippen molar-refractivity contribution in [2.45, 2.75) is 84.0 Å². The fraction of sp³-hybridized carbons (Fsp3) is 0.929. The minimum absolute atomic E-state index is 0. The monoisotopic (exact) mass is 326 g/mol. The molecule has 3 N–H and O–H groups in total. The van der Waals surface area contributed by atoms with E-state index in [1.807, 2.05) is 0 Å². The van der Waals surface area contributed by atoms with Crippen molar-refractivity contribution >= 4 is 5.97 Å². The second kappa shape index (κ2) is 23.1. The van der Waals surface area contributed by atoms with Crippen molar-refractivity contribution in [1.82, 2.24) is 0 Å². The van der Waals surface area contributed by atoms with Gasteiger partial charge in [-0.15, -0.1) is 0 Å². The van der Waals surface area contributed by atoms with Crippen LogP contribution >= 0.6 is 0 Å². The molecule has 0 heterocycles. The zero-order chi connectivity index (χ0) is 12.1. The van der Waals surface area contributed by atoms with Crippen LogP contribution in [0.4, 0.5) is 0 Å². The first-order valence-electron chi connectivity index (χ1n) is 6.99. The largest absolute Gasteiger partial charge is 2.00 e. The number of carbonyl (C=O) groups is 1. The van der Waals surface area contributed by atoms with E-state index >= 15 is 0 Å². The molecule has 0 aromatic heterocycles. The van der Waals surface area contributed by atoms with Crippen LogP contribution < -0.4 is 0 Å². The fourth-order valence-corrected chi connectivity index (χ4v) is 1.94. The van der Waals surface area contributed by atoms with Crippen molar-refractivity contribution in [3.05, 3.63) is 0 Å². The quantitative estimate of drug-likeness (QED) is 0.424. The number of carboxylic acids is 1. The van der Waals surface area contributed by atoms with Crippen LogP contribution in [0.25, 0.3) is 0 Å². The van der Waals surface area contributed by atoms with Gasteiger partial charge in [0.05, 0.1) is 0 Å². The van der Waals surface area contributed by atoms with Gasteiger partial charge in [0.15, 0.2) is 0 Å². The summed E-state index contributed by atoms with van der Waals surface area (Å²) in [5.41, 5.74) is 0. The Morgan fingerprint density at radius 3 is 1.37 bits per heavy atom. The Hall–Kier alpha value is 0.0134. The molecular formula is C14H30O4Zn. The molecule has 0 fully saturated rings. The van der Waals surface area contributed by atoms with Crippen molar-refractivity contribution in [1.29, 1.82) is 0 Å². The third kappa shape index (κ3) is 27.3. The van der Waals surface area contributed by atoms with Gasteiger partial charge in [-0.1, -0.05) is 71.1 Å². The first-order chi connectivity index (χ1) is 7.77. The predicted octanol–water partition coefficient (Wildman–Crippen LogP) is 4.42. The van der Waals surface area contributed by atoms with Crippen LogP contribution in [0.1, 0.15) is 84.0 Å². The molecule has 19 heavy (non-hydrogen) atoms. The zero-order valence-electron chi connectivity index (χ0n) is 12.4. The smallest absolute Gasteiger partial charge is 0.870 e. The van der Waals surface area contributed by atoms with E-state index in [2.05, 4.69) is 6.92 Å². The maximum absolute atomic E-state index is 10.3. The molecular weight excluding hydrogens is 298 g/mol. The van der Waals surface area contributed by atoms with E-state index in [1.165, 1.54) is 57.8 Å². The normalized spacial score (nSPS) is 8.89. The molecule has 0 atom stereocenters. The van der Waals surface area contributed by atoms with E-state index in [9.17, 15) is 4.79 Å². The second-order valence-electron chi connectivity index (χ2n) is 4.68. The molecule has 0 aliphatic heterocycles. The summed E-state index contributed by atoms with van der Waals surface area (Å²) in [6, 6.07) is 0. The number of hydrogen-bond acceptors (Lipinski definition) is 3. The summed E-state index contributed by atoms with van der Waals surface area (Å²) in [6.45, 7) is 2.25. The van der Waals surface area contributed by atoms with Crippen LogP contribution in [0.3, 0.4) is 0 Å². The van der Waals surface area contributed by atoms with E-state index in [1.54, 1.807) is 0 Å². The van der Waals surface area contributed by atoms with Crippen LogP contribution in [0.5, 0.6) is 0 Å². The Morgan fingerprint density at radius 1 is 0.737 bits per heavy atom. The molecule has 0 aliphatic rings. The Bertz CT molecular complexity index is 166. The standard InChI is InChI=1S/C14H28O2.2H2O.Zn/c1-2-3-4-5-6-7-8-9-10-11-12-13-14(15)16;;;/h2-13H2,1H3,(H,15,16);2*1H2;/q;;;+2/p-2. The number of hydrogen-bond donors (Lipinski definition) is 1. The Kier molecular flexibility index (Phi) is 33.3. The summed E-state index contributed by atoms with van der Waals surface area (Å²) in [5.74, 6) is -0.657. The Labute approximate surface area is 130 Å². The van der Waals surface area contributed by atoms with Crippen molar-refractivity contribution in [3.63, 3.8) is 0 Å². The summed E-state index contributed by atoms with van der Waals surface area (Å²) in [5, 5.41) is 8.46. The van der Waals surface area contributed by atoms with Gasteiger partial charge in [0.2, 0.25) is 0 Å². The average Bonchev–Trinajstić information content (AvgIpc) is 2.25. The maximum atomic E-state index is 10.3. The molecule has 0 aliphatic carbocycles. The summed E-state index contributed by atoms with van der Waals surface area (Å²) < 4.78 is 0. The third-order valence-corrected chi connectivity index (χ3v) is 2.99. The zero-order valence-corrected chi connectivity index (χ0v) is 15.4. The molecule has 112 valence electrons. The van der Waals surface area contributed by atoms with Crippen LogP contribution in [-0.4, -0.2) is 22.0 Å². The van der Waals surface area contributed by atoms with Crippen molar-refractivity contribution in [2.24, 2.45) is 0 Å². The van der Waals surface area contributed by atoms with Crippen LogP contribution in [-0.2, 0) is 24.3 Å². The molecule has 0 saturated heterocycles. The number of aliphatic carboxylic acids is 1. The SMILES string of the molecule is CCCCCCCCCCCCCC(=O)O.[OH-].[OH-].[Zn+2]. The molecule has 0 spiro atoms. The van der Waals surface area contributed by atoms with E-state index in [0.29, 0.717) is 6.42 Å². The average molecular weight is 328 g/mol. The van der Waals surface area contributed by atoms with E-state index in [4.69, 9.17) is 5.11 Å². The molecule has 4 nitrogen and oxygen atoms in total. The fourth-order valence-electron chi connectivity index (χ4n) is 1.94.